The molecule has 2 aromatic rings. The van der Waals surface area contributed by atoms with Crippen LogP contribution in [0.5, 0.6) is 0 Å². The number of carbonyl (C=O) groups is 1. The monoisotopic (exact) mass is 351 g/mol. The number of aromatic nitrogens is 2. The van der Waals surface area contributed by atoms with E-state index in [2.05, 4.69) is 20.4 Å². The summed E-state index contributed by atoms with van der Waals surface area (Å²) in [6.45, 7) is 2.37. The van der Waals surface area contributed by atoms with E-state index < -0.39 is 17.9 Å². The molecule has 2 heterocycles. The van der Waals surface area contributed by atoms with E-state index in [9.17, 15) is 18.0 Å². The number of para-hydroxylation sites is 1. The molecule has 25 heavy (non-hydrogen) atoms. The predicted molar refractivity (Wildman–Crippen MR) is 86.3 cm³/mol. The van der Waals surface area contributed by atoms with Crippen molar-refractivity contribution in [3.63, 3.8) is 0 Å². The molecule has 0 radical (unpaired) electrons. The highest BCUT2D eigenvalue weighted by Crippen LogP contribution is 2.27. The van der Waals surface area contributed by atoms with Gasteiger partial charge in [-0.25, -0.2) is 4.79 Å². The second-order valence-corrected chi connectivity index (χ2v) is 5.54. The summed E-state index contributed by atoms with van der Waals surface area (Å²) in [6.07, 6.45) is -4.55. The van der Waals surface area contributed by atoms with E-state index in [0.29, 0.717) is 26.2 Å². The number of carbonyl (C=O) groups excluding carboxylic acids is 1. The van der Waals surface area contributed by atoms with Gasteiger partial charge in [0.25, 0.3) is 0 Å². The highest BCUT2D eigenvalue weighted by atomic mass is 19.4. The second-order valence-electron chi connectivity index (χ2n) is 5.54. The van der Waals surface area contributed by atoms with Gasteiger partial charge in [0, 0.05) is 31.9 Å². The minimum atomic E-state index is -4.55. The molecule has 1 aliphatic rings. The Hall–Kier alpha value is -2.84. The van der Waals surface area contributed by atoms with Crippen LogP contribution in [0.2, 0.25) is 0 Å². The SMILES string of the molecule is O=C(Nc1ccc(C(F)(F)F)nn1)N1CCN(c2ccccc2)CC1. The molecule has 1 saturated heterocycles. The molecule has 132 valence electrons. The summed E-state index contributed by atoms with van der Waals surface area (Å²) in [5.74, 6) is -0.0107. The van der Waals surface area contributed by atoms with Crippen molar-refractivity contribution in [3.05, 3.63) is 48.2 Å². The molecule has 0 atom stereocenters. The quantitative estimate of drug-likeness (QED) is 0.904. The fourth-order valence-corrected chi connectivity index (χ4v) is 2.55. The number of halogens is 3. The fraction of sp³-hybridized carbons (Fsp3) is 0.312. The molecular weight excluding hydrogens is 335 g/mol. The molecule has 0 bridgehead atoms. The van der Waals surface area contributed by atoms with E-state index in [-0.39, 0.29) is 5.82 Å². The van der Waals surface area contributed by atoms with Gasteiger partial charge in [-0.1, -0.05) is 18.2 Å². The molecule has 3 rings (SSSR count). The van der Waals surface area contributed by atoms with Gasteiger partial charge < -0.3 is 9.80 Å². The largest absolute Gasteiger partial charge is 0.435 e. The lowest BCUT2D eigenvalue weighted by molar-refractivity contribution is -0.141. The molecule has 1 aliphatic heterocycles. The first-order valence-corrected chi connectivity index (χ1v) is 7.70. The first kappa shape index (κ1) is 17.0. The molecule has 1 N–H and O–H groups in total. The van der Waals surface area contributed by atoms with Crippen LogP contribution in [0.4, 0.5) is 29.5 Å². The first-order chi connectivity index (χ1) is 11.9. The Morgan fingerprint density at radius 2 is 1.64 bits per heavy atom. The van der Waals surface area contributed by atoms with Gasteiger partial charge in [0.15, 0.2) is 11.5 Å². The van der Waals surface area contributed by atoms with Crippen LogP contribution < -0.4 is 10.2 Å². The van der Waals surface area contributed by atoms with E-state index in [1.54, 1.807) is 4.90 Å². The topological polar surface area (TPSA) is 61.4 Å². The predicted octanol–water partition coefficient (Wildman–Crippen LogP) is 2.85. The molecule has 1 fully saturated rings. The number of rotatable bonds is 2. The number of hydrogen-bond donors (Lipinski definition) is 1. The lowest BCUT2D eigenvalue weighted by atomic mass is 10.2. The van der Waals surface area contributed by atoms with Crippen LogP contribution in [0.3, 0.4) is 0 Å². The van der Waals surface area contributed by atoms with Gasteiger partial charge in [-0.2, -0.15) is 13.2 Å². The molecule has 2 amide bonds. The molecule has 9 heteroatoms. The number of nitrogens with zero attached hydrogens (tertiary/aromatic N) is 4. The van der Waals surface area contributed by atoms with Crippen LogP contribution >= 0.6 is 0 Å². The number of urea groups is 1. The van der Waals surface area contributed by atoms with Gasteiger partial charge in [0.2, 0.25) is 0 Å². The Kier molecular flexibility index (Phi) is 4.73. The number of hydrogen-bond acceptors (Lipinski definition) is 4. The number of benzene rings is 1. The van der Waals surface area contributed by atoms with Crippen LogP contribution in [0.1, 0.15) is 5.69 Å². The lowest BCUT2D eigenvalue weighted by Gasteiger charge is -2.35. The highest BCUT2D eigenvalue weighted by Gasteiger charge is 2.33. The average molecular weight is 351 g/mol. The molecule has 0 unspecified atom stereocenters. The minimum absolute atomic E-state index is 0.0107. The van der Waals surface area contributed by atoms with Gasteiger partial charge in [-0.15, -0.1) is 10.2 Å². The van der Waals surface area contributed by atoms with Crippen molar-refractivity contribution in [2.45, 2.75) is 6.18 Å². The van der Waals surface area contributed by atoms with Crippen molar-refractivity contribution in [1.29, 1.82) is 0 Å². The maximum absolute atomic E-state index is 12.4. The molecule has 1 aromatic carbocycles. The summed E-state index contributed by atoms with van der Waals surface area (Å²) in [5, 5.41) is 8.96. The summed E-state index contributed by atoms with van der Waals surface area (Å²) >= 11 is 0. The Morgan fingerprint density at radius 3 is 2.20 bits per heavy atom. The molecular formula is C16H16F3N5O. The van der Waals surface area contributed by atoms with E-state index in [4.69, 9.17) is 0 Å². The minimum Gasteiger partial charge on any atom is -0.368 e. The van der Waals surface area contributed by atoms with E-state index in [1.807, 2.05) is 30.3 Å². The van der Waals surface area contributed by atoms with Gasteiger partial charge in [-0.05, 0) is 24.3 Å². The van der Waals surface area contributed by atoms with Crippen LogP contribution in [0, 0.1) is 0 Å². The third-order valence-corrected chi connectivity index (χ3v) is 3.88. The van der Waals surface area contributed by atoms with Crippen molar-refractivity contribution >= 4 is 17.5 Å². The molecule has 0 aliphatic carbocycles. The van der Waals surface area contributed by atoms with Gasteiger partial charge in [0.1, 0.15) is 0 Å². The lowest BCUT2D eigenvalue weighted by Crippen LogP contribution is -2.50. The number of alkyl halides is 3. The molecule has 0 spiro atoms. The maximum atomic E-state index is 12.4. The maximum Gasteiger partial charge on any atom is 0.435 e. The number of amides is 2. The third kappa shape index (κ3) is 4.17. The summed E-state index contributed by atoms with van der Waals surface area (Å²) < 4.78 is 37.3. The third-order valence-electron chi connectivity index (χ3n) is 3.88. The summed E-state index contributed by atoms with van der Waals surface area (Å²) in [4.78, 5) is 16.0. The van der Waals surface area contributed by atoms with Crippen molar-refractivity contribution in [3.8, 4) is 0 Å². The van der Waals surface area contributed by atoms with Crippen molar-refractivity contribution in [2.24, 2.45) is 0 Å². The van der Waals surface area contributed by atoms with Crippen LogP contribution in [0.25, 0.3) is 0 Å². The fourth-order valence-electron chi connectivity index (χ4n) is 2.55. The first-order valence-electron chi connectivity index (χ1n) is 7.70. The zero-order valence-electron chi connectivity index (χ0n) is 13.2. The Morgan fingerprint density at radius 1 is 0.960 bits per heavy atom. The summed E-state index contributed by atoms with van der Waals surface area (Å²) in [6, 6.07) is 11.3. The summed E-state index contributed by atoms with van der Waals surface area (Å²) in [5.41, 5.74) is -0.00172. The van der Waals surface area contributed by atoms with E-state index >= 15 is 0 Å². The Bertz CT molecular complexity index is 713. The van der Waals surface area contributed by atoms with Crippen LogP contribution in [-0.2, 0) is 6.18 Å². The van der Waals surface area contributed by atoms with E-state index in [1.165, 1.54) is 0 Å². The van der Waals surface area contributed by atoms with Crippen LogP contribution in [-0.4, -0.2) is 47.3 Å². The number of nitrogens with one attached hydrogen (secondary N) is 1. The highest BCUT2D eigenvalue weighted by molar-refractivity contribution is 5.88. The van der Waals surface area contributed by atoms with Gasteiger partial charge >= 0.3 is 12.2 Å². The number of anilines is 2. The zero-order chi connectivity index (χ0) is 17.9. The Balaban J connectivity index is 1.54. The Labute approximate surface area is 142 Å². The van der Waals surface area contributed by atoms with Crippen molar-refractivity contribution < 1.29 is 18.0 Å². The van der Waals surface area contributed by atoms with Gasteiger partial charge in [0.05, 0.1) is 0 Å². The standard InChI is InChI=1S/C16H16F3N5O/c17-16(18,19)13-6-7-14(22-21-13)20-15(25)24-10-8-23(9-11-24)12-4-2-1-3-5-12/h1-7H,8-11H2,(H,20,22,25). The molecule has 6 nitrogen and oxygen atoms in total. The van der Waals surface area contributed by atoms with Crippen molar-refractivity contribution in [1.82, 2.24) is 15.1 Å². The van der Waals surface area contributed by atoms with Gasteiger partial charge in [-0.3, -0.25) is 5.32 Å². The van der Waals surface area contributed by atoms with E-state index in [0.717, 1.165) is 17.8 Å². The molecule has 0 saturated carbocycles. The zero-order valence-corrected chi connectivity index (χ0v) is 13.2. The smallest absolute Gasteiger partial charge is 0.368 e. The second kappa shape index (κ2) is 6.96. The number of piperazine rings is 1. The molecule has 1 aromatic heterocycles. The van der Waals surface area contributed by atoms with Crippen molar-refractivity contribution in [2.75, 3.05) is 36.4 Å². The van der Waals surface area contributed by atoms with Crippen LogP contribution in [0.15, 0.2) is 42.5 Å². The summed E-state index contributed by atoms with van der Waals surface area (Å²) in [7, 11) is 0. The normalized spacial score (nSPS) is 15.2. The average Bonchev–Trinajstić information content (AvgIpc) is 2.62.